The molecule has 10 heavy (non-hydrogen) atoms. The van der Waals surface area contributed by atoms with Gasteiger partial charge in [-0.2, -0.15) is 0 Å². The van der Waals surface area contributed by atoms with Crippen LogP contribution in [0.4, 0.5) is 0 Å². The maximum absolute atomic E-state index is 10.9. The van der Waals surface area contributed by atoms with Gasteiger partial charge in [-0.3, -0.25) is 4.79 Å². The summed E-state index contributed by atoms with van der Waals surface area (Å²) in [6, 6.07) is 0. The second-order valence-electron chi connectivity index (χ2n) is 2.57. The molecule has 0 aromatic heterocycles. The third-order valence-electron chi connectivity index (χ3n) is 1.80. The average molecular weight is 144 g/mol. The molecule has 1 saturated heterocycles. The van der Waals surface area contributed by atoms with Crippen LogP contribution in [-0.2, 0) is 4.79 Å². The number of carbonyl (C=O) groups excluding carboxylic acids is 1. The van der Waals surface area contributed by atoms with Gasteiger partial charge in [0.15, 0.2) is 0 Å². The van der Waals surface area contributed by atoms with Crippen LogP contribution >= 0.6 is 0 Å². The van der Waals surface area contributed by atoms with E-state index in [1.807, 2.05) is 0 Å². The van der Waals surface area contributed by atoms with E-state index in [0.717, 1.165) is 25.8 Å². The van der Waals surface area contributed by atoms with Gasteiger partial charge in [0.1, 0.15) is 0 Å². The standard InChI is InChI=1S/C7H13NO.H3N/c1-2-3-6-4-5-8-7(6)9;/h6H,2-5H2,1H3,(H,8,9);1H3. The lowest BCUT2D eigenvalue weighted by atomic mass is 10.0. The first-order valence-corrected chi connectivity index (χ1v) is 3.62. The molecule has 1 rings (SSSR count). The maximum Gasteiger partial charge on any atom is 0.223 e. The van der Waals surface area contributed by atoms with Crippen LogP contribution in [0.15, 0.2) is 0 Å². The fourth-order valence-corrected chi connectivity index (χ4v) is 1.27. The van der Waals surface area contributed by atoms with Gasteiger partial charge >= 0.3 is 0 Å². The minimum atomic E-state index is 0. The number of carbonyl (C=O) groups is 1. The molecule has 0 radical (unpaired) electrons. The first-order chi connectivity index (χ1) is 4.34. The monoisotopic (exact) mass is 144 g/mol. The lowest BCUT2D eigenvalue weighted by Crippen LogP contribution is -2.18. The van der Waals surface area contributed by atoms with Crippen LogP contribution in [-0.4, -0.2) is 12.5 Å². The molecule has 1 fully saturated rings. The fourth-order valence-electron chi connectivity index (χ4n) is 1.27. The van der Waals surface area contributed by atoms with Gasteiger partial charge < -0.3 is 11.5 Å². The third-order valence-corrected chi connectivity index (χ3v) is 1.80. The van der Waals surface area contributed by atoms with E-state index in [2.05, 4.69) is 12.2 Å². The van der Waals surface area contributed by atoms with Gasteiger partial charge in [-0.15, -0.1) is 0 Å². The van der Waals surface area contributed by atoms with E-state index < -0.39 is 0 Å². The van der Waals surface area contributed by atoms with Crippen LogP contribution in [0.2, 0.25) is 0 Å². The lowest BCUT2D eigenvalue weighted by Gasteiger charge is -2.01. The van der Waals surface area contributed by atoms with Crippen molar-refractivity contribution in [1.29, 1.82) is 0 Å². The van der Waals surface area contributed by atoms with Gasteiger partial charge in [-0.25, -0.2) is 0 Å². The molecule has 1 amide bonds. The molecule has 60 valence electrons. The molecule has 0 bridgehead atoms. The zero-order valence-electron chi connectivity index (χ0n) is 6.52. The molecule has 1 aliphatic rings. The molecular weight excluding hydrogens is 128 g/mol. The number of hydrogen-bond acceptors (Lipinski definition) is 2. The highest BCUT2D eigenvalue weighted by atomic mass is 16.2. The summed E-state index contributed by atoms with van der Waals surface area (Å²) in [4.78, 5) is 10.9. The minimum absolute atomic E-state index is 0. The van der Waals surface area contributed by atoms with Gasteiger partial charge in [-0.05, 0) is 12.8 Å². The van der Waals surface area contributed by atoms with Crippen LogP contribution in [0.5, 0.6) is 0 Å². The van der Waals surface area contributed by atoms with E-state index >= 15 is 0 Å². The summed E-state index contributed by atoms with van der Waals surface area (Å²) in [5.74, 6) is 0.590. The largest absolute Gasteiger partial charge is 0.356 e. The summed E-state index contributed by atoms with van der Waals surface area (Å²) in [6.07, 6.45) is 3.23. The quantitative estimate of drug-likeness (QED) is 0.609. The lowest BCUT2D eigenvalue weighted by molar-refractivity contribution is -0.122. The molecule has 1 heterocycles. The van der Waals surface area contributed by atoms with Gasteiger partial charge in [0.05, 0.1) is 0 Å². The van der Waals surface area contributed by atoms with Crippen molar-refractivity contribution in [3.8, 4) is 0 Å². The van der Waals surface area contributed by atoms with Crippen LogP contribution in [0.1, 0.15) is 26.2 Å². The first kappa shape index (κ1) is 9.43. The van der Waals surface area contributed by atoms with Crippen LogP contribution < -0.4 is 11.5 Å². The molecule has 0 aliphatic carbocycles. The van der Waals surface area contributed by atoms with Crippen molar-refractivity contribution < 1.29 is 4.79 Å². The summed E-state index contributed by atoms with van der Waals surface area (Å²) in [6.45, 7) is 3.01. The molecule has 1 unspecified atom stereocenters. The molecule has 0 aromatic rings. The Morgan fingerprint density at radius 1 is 1.70 bits per heavy atom. The predicted octanol–water partition coefficient (Wildman–Crippen LogP) is 1.08. The van der Waals surface area contributed by atoms with E-state index in [4.69, 9.17) is 0 Å². The van der Waals surface area contributed by atoms with Crippen molar-refractivity contribution in [2.24, 2.45) is 5.92 Å². The van der Waals surface area contributed by atoms with Crippen molar-refractivity contribution in [3.05, 3.63) is 0 Å². The molecule has 0 spiro atoms. The van der Waals surface area contributed by atoms with Gasteiger partial charge in [0.2, 0.25) is 5.91 Å². The molecule has 4 N–H and O–H groups in total. The topological polar surface area (TPSA) is 64.1 Å². The van der Waals surface area contributed by atoms with Crippen LogP contribution in [0.25, 0.3) is 0 Å². The smallest absolute Gasteiger partial charge is 0.223 e. The normalized spacial score (nSPS) is 23.7. The Hall–Kier alpha value is -0.570. The maximum atomic E-state index is 10.9. The molecule has 3 heteroatoms. The molecule has 0 aromatic carbocycles. The van der Waals surface area contributed by atoms with Gasteiger partial charge in [0, 0.05) is 12.5 Å². The Balaban J connectivity index is 0.000000810. The highest BCUT2D eigenvalue weighted by Crippen LogP contribution is 2.14. The highest BCUT2D eigenvalue weighted by molar-refractivity contribution is 5.80. The Morgan fingerprint density at radius 3 is 2.80 bits per heavy atom. The van der Waals surface area contributed by atoms with E-state index in [9.17, 15) is 4.79 Å². The summed E-state index contributed by atoms with van der Waals surface area (Å²) < 4.78 is 0. The molecular formula is C7H16N2O. The first-order valence-electron chi connectivity index (χ1n) is 3.62. The number of hydrogen-bond donors (Lipinski definition) is 2. The number of nitrogens with one attached hydrogen (secondary N) is 1. The molecule has 1 atom stereocenters. The second kappa shape index (κ2) is 4.28. The molecule has 1 aliphatic heterocycles. The number of rotatable bonds is 2. The van der Waals surface area contributed by atoms with Crippen molar-refractivity contribution in [3.63, 3.8) is 0 Å². The zero-order valence-corrected chi connectivity index (χ0v) is 6.52. The SMILES string of the molecule is CCCC1CCNC1=O.N. The Kier molecular flexibility index (Phi) is 4.03. The second-order valence-corrected chi connectivity index (χ2v) is 2.57. The third kappa shape index (κ3) is 1.99. The molecule has 3 nitrogen and oxygen atoms in total. The Bertz CT molecular complexity index is 114. The predicted molar refractivity (Wildman–Crippen MR) is 41.0 cm³/mol. The van der Waals surface area contributed by atoms with Crippen molar-refractivity contribution in [1.82, 2.24) is 11.5 Å². The summed E-state index contributed by atoms with van der Waals surface area (Å²) in [7, 11) is 0. The summed E-state index contributed by atoms with van der Waals surface area (Å²) >= 11 is 0. The fraction of sp³-hybridized carbons (Fsp3) is 0.857. The van der Waals surface area contributed by atoms with E-state index in [-0.39, 0.29) is 12.1 Å². The van der Waals surface area contributed by atoms with Crippen molar-refractivity contribution in [2.75, 3.05) is 6.54 Å². The van der Waals surface area contributed by atoms with Gasteiger partial charge in [0.25, 0.3) is 0 Å². The highest BCUT2D eigenvalue weighted by Gasteiger charge is 2.22. The van der Waals surface area contributed by atoms with Crippen LogP contribution in [0.3, 0.4) is 0 Å². The van der Waals surface area contributed by atoms with E-state index in [1.54, 1.807) is 0 Å². The van der Waals surface area contributed by atoms with Crippen molar-refractivity contribution >= 4 is 5.91 Å². The molecule has 0 saturated carbocycles. The van der Waals surface area contributed by atoms with E-state index in [1.165, 1.54) is 0 Å². The Labute approximate surface area is 61.8 Å². The average Bonchev–Trinajstić information content (AvgIpc) is 2.18. The van der Waals surface area contributed by atoms with Crippen LogP contribution in [0, 0.1) is 5.92 Å². The summed E-state index contributed by atoms with van der Waals surface area (Å²) in [5.41, 5.74) is 0. The van der Waals surface area contributed by atoms with Gasteiger partial charge in [-0.1, -0.05) is 13.3 Å². The summed E-state index contributed by atoms with van der Waals surface area (Å²) in [5, 5.41) is 2.82. The Morgan fingerprint density at radius 2 is 2.40 bits per heavy atom. The zero-order chi connectivity index (χ0) is 6.69. The minimum Gasteiger partial charge on any atom is -0.356 e. The van der Waals surface area contributed by atoms with E-state index in [0.29, 0.717) is 5.92 Å². The number of amides is 1. The van der Waals surface area contributed by atoms with Crippen molar-refractivity contribution in [2.45, 2.75) is 26.2 Å².